The number of aromatic carboxylic acids is 1. The third-order valence-corrected chi connectivity index (χ3v) is 4.93. The molecule has 0 amide bonds. The van der Waals surface area contributed by atoms with Crippen LogP contribution in [0.5, 0.6) is 0 Å². The summed E-state index contributed by atoms with van der Waals surface area (Å²) in [5.74, 6) is -1.39. The van der Waals surface area contributed by atoms with Gasteiger partial charge in [-0.25, -0.2) is 9.18 Å². The fraction of sp³-hybridized carbons (Fsp3) is 0.200. The Morgan fingerprint density at radius 2 is 2.04 bits per heavy atom. The van der Waals surface area contributed by atoms with E-state index in [1.54, 1.807) is 18.2 Å². The minimum atomic E-state index is -1.39. The molecule has 0 radical (unpaired) electrons. The van der Waals surface area contributed by atoms with E-state index in [0.717, 1.165) is 28.6 Å². The maximum absolute atomic E-state index is 12.8. The van der Waals surface area contributed by atoms with Crippen molar-refractivity contribution < 1.29 is 19.1 Å². The molecule has 1 aliphatic rings. The molecule has 0 spiro atoms. The maximum atomic E-state index is 12.8. The third-order valence-electron chi connectivity index (χ3n) is 4.93. The van der Waals surface area contributed by atoms with Crippen LogP contribution in [0.4, 0.5) is 4.39 Å². The molecule has 0 aliphatic carbocycles. The molecular weight excluding hydrogens is 351 g/mol. The van der Waals surface area contributed by atoms with Crippen molar-refractivity contribution >= 4 is 16.9 Å². The first-order chi connectivity index (χ1) is 13.0. The number of halogens is 1. The second kappa shape index (κ2) is 6.51. The third kappa shape index (κ3) is 2.86. The van der Waals surface area contributed by atoms with Crippen LogP contribution in [-0.4, -0.2) is 22.7 Å². The number of rotatable bonds is 4. The first-order valence-corrected chi connectivity index (χ1v) is 8.48. The number of carboxylic acids is 1. The first-order valence-electron chi connectivity index (χ1n) is 8.48. The molecule has 1 unspecified atom stereocenters. The summed E-state index contributed by atoms with van der Waals surface area (Å²) in [4.78, 5) is 28.6. The van der Waals surface area contributed by atoms with Crippen molar-refractivity contribution in [3.8, 4) is 11.1 Å². The van der Waals surface area contributed by atoms with Crippen molar-refractivity contribution in [3.63, 3.8) is 0 Å². The van der Waals surface area contributed by atoms with Crippen molar-refractivity contribution in [2.24, 2.45) is 0 Å². The highest BCUT2D eigenvalue weighted by Crippen LogP contribution is 2.30. The van der Waals surface area contributed by atoms with E-state index in [9.17, 15) is 19.1 Å². The monoisotopic (exact) mass is 368 g/mol. The zero-order valence-electron chi connectivity index (χ0n) is 14.5. The quantitative estimate of drug-likeness (QED) is 0.740. The van der Waals surface area contributed by atoms with E-state index < -0.39 is 23.8 Å². The number of fused-ring (bicyclic) bond motifs is 2. The van der Waals surface area contributed by atoms with Crippen LogP contribution in [0.3, 0.4) is 0 Å². The largest absolute Gasteiger partial charge is 0.477 e. The smallest absolute Gasteiger partial charge is 0.341 e. The van der Waals surface area contributed by atoms with Gasteiger partial charge < -0.3 is 15.3 Å². The topological polar surface area (TPSA) is 80.6 Å². The number of carboxylic acid groups (broad SMARTS) is 1. The Labute approximate surface area is 153 Å². The lowest BCUT2D eigenvalue weighted by Gasteiger charge is -2.13. The fourth-order valence-electron chi connectivity index (χ4n) is 3.52. The molecule has 0 saturated carbocycles. The Balaban J connectivity index is 1.89. The molecule has 2 heterocycles. The van der Waals surface area contributed by atoms with Crippen molar-refractivity contribution in [1.82, 2.24) is 10.0 Å². The number of carbonyl (C=O) groups is 1. The van der Waals surface area contributed by atoms with E-state index >= 15 is 0 Å². The van der Waals surface area contributed by atoms with Crippen molar-refractivity contribution in [2.75, 3.05) is 6.86 Å². The van der Waals surface area contributed by atoms with E-state index in [0.29, 0.717) is 11.6 Å². The van der Waals surface area contributed by atoms with E-state index in [4.69, 9.17) is 4.84 Å². The van der Waals surface area contributed by atoms with Crippen LogP contribution in [0, 0.1) is 0 Å². The Hall–Kier alpha value is -3.19. The molecule has 4 rings (SSSR count). The number of hydrogen-bond acceptors (Lipinski definition) is 4. The highest BCUT2D eigenvalue weighted by molar-refractivity contribution is 5.93. The molecule has 0 saturated heterocycles. The molecule has 6 nitrogen and oxygen atoms in total. The first kappa shape index (κ1) is 17.2. The van der Waals surface area contributed by atoms with Crippen molar-refractivity contribution in [3.05, 3.63) is 69.5 Å². The Morgan fingerprint density at radius 3 is 2.78 bits per heavy atom. The Morgan fingerprint density at radius 1 is 1.30 bits per heavy atom. The second-order valence-electron chi connectivity index (χ2n) is 6.49. The lowest BCUT2D eigenvalue weighted by atomic mass is 9.97. The van der Waals surface area contributed by atoms with Crippen molar-refractivity contribution in [2.45, 2.75) is 19.5 Å². The average molecular weight is 368 g/mol. The standard InChI is InChI=1S/C20H17FN2O4/c1-11-15-4-2-12(6-14(15)8-22-11)13-3-5-16-18(7-13)23(27-10-21)9-17(19(16)24)20(25)26/h2-7,9,11,22H,8,10H2,1H3,(H,25,26). The molecule has 7 heteroatoms. The predicted octanol–water partition coefficient (Wildman–Crippen LogP) is 2.89. The average Bonchev–Trinajstić information content (AvgIpc) is 3.04. The fourth-order valence-corrected chi connectivity index (χ4v) is 3.52. The summed E-state index contributed by atoms with van der Waals surface area (Å²) in [6.07, 6.45) is 1.00. The van der Waals surface area contributed by atoms with Gasteiger partial charge in [-0.05, 0) is 47.4 Å². The molecule has 0 bridgehead atoms. The van der Waals surface area contributed by atoms with Gasteiger partial charge in [0.25, 0.3) is 6.86 Å². The highest BCUT2D eigenvalue weighted by atomic mass is 19.1. The van der Waals surface area contributed by atoms with Crippen LogP contribution in [0.25, 0.3) is 22.0 Å². The molecule has 27 heavy (non-hydrogen) atoms. The van der Waals surface area contributed by atoms with E-state index in [-0.39, 0.29) is 5.39 Å². The van der Waals surface area contributed by atoms with Crippen molar-refractivity contribution in [1.29, 1.82) is 0 Å². The molecular formula is C20H17FN2O4. The summed E-state index contributed by atoms with van der Waals surface area (Å²) in [5, 5.41) is 12.7. The van der Waals surface area contributed by atoms with Gasteiger partial charge in [-0.15, -0.1) is 0 Å². The maximum Gasteiger partial charge on any atom is 0.341 e. The summed E-state index contributed by atoms with van der Waals surface area (Å²) >= 11 is 0. The summed E-state index contributed by atoms with van der Waals surface area (Å²) in [6.45, 7) is 1.74. The molecule has 1 aromatic heterocycles. The summed E-state index contributed by atoms with van der Waals surface area (Å²) in [5.41, 5.74) is 3.45. The number of hydrogen-bond donors (Lipinski definition) is 2. The molecule has 2 N–H and O–H groups in total. The second-order valence-corrected chi connectivity index (χ2v) is 6.49. The Kier molecular flexibility index (Phi) is 4.16. The molecule has 3 aromatic rings. The number of aromatic nitrogens is 1. The minimum absolute atomic E-state index is 0.156. The number of alkyl halides is 1. The van der Waals surface area contributed by atoms with Gasteiger partial charge in [-0.3, -0.25) is 4.79 Å². The van der Waals surface area contributed by atoms with Gasteiger partial charge in [0.1, 0.15) is 5.56 Å². The molecule has 0 fully saturated rings. The number of nitrogens with zero attached hydrogens (tertiary/aromatic N) is 1. The molecule has 138 valence electrons. The van der Waals surface area contributed by atoms with E-state index in [2.05, 4.69) is 24.4 Å². The van der Waals surface area contributed by atoms with Gasteiger partial charge in [-0.2, -0.15) is 4.73 Å². The molecule has 1 aliphatic heterocycles. The van der Waals surface area contributed by atoms with Gasteiger partial charge in [0.15, 0.2) is 0 Å². The summed E-state index contributed by atoms with van der Waals surface area (Å²) in [7, 11) is 0. The number of nitrogens with one attached hydrogen (secondary N) is 1. The van der Waals surface area contributed by atoms with E-state index in [1.807, 2.05) is 6.07 Å². The minimum Gasteiger partial charge on any atom is -0.477 e. The lowest BCUT2D eigenvalue weighted by molar-refractivity contribution is 0.0471. The van der Waals surface area contributed by atoms with Crippen LogP contribution in [-0.2, 0) is 6.54 Å². The van der Waals surface area contributed by atoms with Gasteiger partial charge in [0.2, 0.25) is 5.43 Å². The summed E-state index contributed by atoms with van der Waals surface area (Å²) < 4.78 is 13.8. The van der Waals surface area contributed by atoms with Gasteiger partial charge in [0.05, 0.1) is 17.1 Å². The van der Waals surface area contributed by atoms with Crippen LogP contribution in [0.1, 0.15) is 34.5 Å². The van der Waals surface area contributed by atoms with Gasteiger partial charge in [-0.1, -0.05) is 18.2 Å². The lowest BCUT2D eigenvalue weighted by Crippen LogP contribution is -2.22. The Bertz CT molecular complexity index is 1120. The van der Waals surface area contributed by atoms with Crippen LogP contribution in [0.2, 0.25) is 0 Å². The molecule has 1 atom stereocenters. The van der Waals surface area contributed by atoms with Crippen LogP contribution < -0.4 is 15.6 Å². The SMILES string of the molecule is CC1NCc2cc(-c3ccc4c(=O)c(C(=O)O)cn(OCF)c4c3)ccc21. The van der Waals surface area contributed by atoms with Crippen LogP contribution >= 0.6 is 0 Å². The highest BCUT2D eigenvalue weighted by Gasteiger charge is 2.19. The van der Waals surface area contributed by atoms with E-state index in [1.165, 1.54) is 11.1 Å². The summed E-state index contributed by atoms with van der Waals surface area (Å²) in [6, 6.07) is 11.5. The zero-order chi connectivity index (χ0) is 19.1. The van der Waals surface area contributed by atoms with Gasteiger partial charge in [0, 0.05) is 12.6 Å². The van der Waals surface area contributed by atoms with Crippen LogP contribution in [0.15, 0.2) is 47.4 Å². The van der Waals surface area contributed by atoms with Gasteiger partial charge >= 0.3 is 5.97 Å². The normalized spacial score (nSPS) is 15.7. The number of benzene rings is 2. The predicted molar refractivity (Wildman–Crippen MR) is 98.4 cm³/mol. The zero-order valence-corrected chi connectivity index (χ0v) is 14.5. The number of pyridine rings is 1. The molecule has 2 aromatic carbocycles.